The number of fused-ring (bicyclic) bond motifs is 1. The fourth-order valence-electron chi connectivity index (χ4n) is 1.57. The number of rotatable bonds is 3. The lowest BCUT2D eigenvalue weighted by atomic mass is 10.2. The van der Waals surface area contributed by atoms with E-state index in [1.807, 2.05) is 6.92 Å². The number of pyridine rings is 1. The van der Waals surface area contributed by atoms with Gasteiger partial charge in [0.15, 0.2) is 11.3 Å². The predicted molar refractivity (Wildman–Crippen MR) is 62.3 cm³/mol. The van der Waals surface area contributed by atoms with E-state index in [1.54, 1.807) is 25.3 Å². The molecule has 1 aromatic heterocycles. The Bertz CT molecular complexity index is 560. The number of hydrogen-bond acceptors (Lipinski definition) is 3. The maximum Gasteiger partial charge on any atom is 0.195 e. The summed E-state index contributed by atoms with van der Waals surface area (Å²) < 4.78 is 10.4. The van der Waals surface area contributed by atoms with Crippen molar-refractivity contribution in [2.75, 3.05) is 13.7 Å². The third-order valence-electron chi connectivity index (χ3n) is 2.31. The summed E-state index contributed by atoms with van der Waals surface area (Å²) in [6.45, 7) is 2.39. The van der Waals surface area contributed by atoms with Gasteiger partial charge in [0, 0.05) is 17.5 Å². The molecule has 84 valence electrons. The van der Waals surface area contributed by atoms with Gasteiger partial charge in [-0.2, -0.15) is 0 Å². The Morgan fingerprint density at radius 3 is 2.81 bits per heavy atom. The Labute approximate surface area is 92.8 Å². The topological polar surface area (TPSA) is 51.3 Å². The third-order valence-corrected chi connectivity index (χ3v) is 2.31. The second-order valence-electron chi connectivity index (χ2n) is 3.34. The fraction of sp³-hybridized carbons (Fsp3) is 0.250. The first-order valence-corrected chi connectivity index (χ1v) is 5.08. The molecule has 0 radical (unpaired) electrons. The molecule has 0 saturated heterocycles. The monoisotopic (exact) mass is 219 g/mol. The van der Waals surface area contributed by atoms with Crippen LogP contribution >= 0.6 is 0 Å². The molecule has 0 amide bonds. The maximum atomic E-state index is 11.7. The molecule has 2 aromatic rings. The van der Waals surface area contributed by atoms with Crippen LogP contribution in [0.4, 0.5) is 0 Å². The van der Waals surface area contributed by atoms with Gasteiger partial charge in [-0.25, -0.2) is 0 Å². The van der Waals surface area contributed by atoms with Crippen molar-refractivity contribution in [2.45, 2.75) is 6.92 Å². The molecule has 1 aromatic carbocycles. The van der Waals surface area contributed by atoms with Crippen LogP contribution in [-0.2, 0) is 0 Å². The number of ether oxygens (including phenoxy) is 2. The highest BCUT2D eigenvalue weighted by Crippen LogP contribution is 2.18. The van der Waals surface area contributed by atoms with Gasteiger partial charge in [-0.1, -0.05) is 0 Å². The van der Waals surface area contributed by atoms with Crippen molar-refractivity contribution in [3.05, 3.63) is 34.5 Å². The molecule has 1 heterocycles. The second kappa shape index (κ2) is 4.26. The number of benzene rings is 1. The molecule has 4 heteroatoms. The lowest BCUT2D eigenvalue weighted by molar-refractivity contribution is 0.328. The van der Waals surface area contributed by atoms with Gasteiger partial charge in [-0.3, -0.25) is 4.79 Å². The van der Waals surface area contributed by atoms with Gasteiger partial charge in [-0.05, 0) is 19.1 Å². The number of aromatic amines is 1. The Hall–Kier alpha value is -1.97. The molecule has 0 aliphatic heterocycles. The minimum atomic E-state index is -0.0557. The van der Waals surface area contributed by atoms with Gasteiger partial charge in [0.1, 0.15) is 5.75 Å². The minimum Gasteiger partial charge on any atom is -0.497 e. The molecule has 0 saturated carbocycles. The summed E-state index contributed by atoms with van der Waals surface area (Å²) in [5, 5.41) is 0.629. The molecule has 0 bridgehead atoms. The van der Waals surface area contributed by atoms with Gasteiger partial charge in [0.2, 0.25) is 0 Å². The smallest absolute Gasteiger partial charge is 0.195 e. The van der Waals surface area contributed by atoms with Crippen molar-refractivity contribution in [1.82, 2.24) is 4.98 Å². The molecule has 16 heavy (non-hydrogen) atoms. The number of hydrogen-bond donors (Lipinski definition) is 1. The van der Waals surface area contributed by atoms with E-state index >= 15 is 0 Å². The molecule has 0 atom stereocenters. The van der Waals surface area contributed by atoms with E-state index in [-0.39, 0.29) is 5.43 Å². The van der Waals surface area contributed by atoms with E-state index in [0.717, 1.165) is 5.52 Å². The zero-order chi connectivity index (χ0) is 11.5. The molecular weight excluding hydrogens is 206 g/mol. The van der Waals surface area contributed by atoms with Crippen LogP contribution in [0.2, 0.25) is 0 Å². The molecule has 4 nitrogen and oxygen atoms in total. The Morgan fingerprint density at radius 2 is 2.12 bits per heavy atom. The molecule has 0 aliphatic rings. The molecule has 0 spiro atoms. The first kappa shape index (κ1) is 10.5. The van der Waals surface area contributed by atoms with Gasteiger partial charge in [0.25, 0.3) is 0 Å². The number of H-pyrrole nitrogens is 1. The summed E-state index contributed by atoms with van der Waals surface area (Å²) in [5.41, 5.74) is 0.662. The SMILES string of the molecule is CCOc1cc(=O)c2ccc(OC)cc2[nH]1. The van der Waals surface area contributed by atoms with Crippen molar-refractivity contribution in [3.63, 3.8) is 0 Å². The summed E-state index contributed by atoms with van der Waals surface area (Å²) in [6.07, 6.45) is 0. The van der Waals surface area contributed by atoms with Crippen LogP contribution in [0.25, 0.3) is 10.9 Å². The lowest BCUT2D eigenvalue weighted by Crippen LogP contribution is -2.05. The molecule has 0 fully saturated rings. The van der Waals surface area contributed by atoms with Crippen LogP contribution in [0.1, 0.15) is 6.92 Å². The first-order valence-electron chi connectivity index (χ1n) is 5.08. The fourth-order valence-corrected chi connectivity index (χ4v) is 1.57. The van der Waals surface area contributed by atoms with E-state index in [4.69, 9.17) is 9.47 Å². The summed E-state index contributed by atoms with van der Waals surface area (Å²) >= 11 is 0. The van der Waals surface area contributed by atoms with Crippen LogP contribution < -0.4 is 14.9 Å². The highest BCUT2D eigenvalue weighted by atomic mass is 16.5. The van der Waals surface area contributed by atoms with Crippen LogP contribution in [0.15, 0.2) is 29.1 Å². The molecule has 0 unspecified atom stereocenters. The normalized spacial score (nSPS) is 10.4. The highest BCUT2D eigenvalue weighted by molar-refractivity contribution is 5.80. The van der Waals surface area contributed by atoms with Crippen molar-refractivity contribution >= 4 is 10.9 Å². The first-order chi connectivity index (χ1) is 7.74. The summed E-state index contributed by atoms with van der Waals surface area (Å²) in [6, 6.07) is 6.73. The van der Waals surface area contributed by atoms with E-state index in [2.05, 4.69) is 4.98 Å². The van der Waals surface area contributed by atoms with Crippen molar-refractivity contribution in [2.24, 2.45) is 0 Å². The van der Waals surface area contributed by atoms with Gasteiger partial charge in [0.05, 0.1) is 19.2 Å². The third kappa shape index (κ3) is 1.86. The van der Waals surface area contributed by atoms with Gasteiger partial charge in [-0.15, -0.1) is 0 Å². The summed E-state index contributed by atoms with van der Waals surface area (Å²) in [5.74, 6) is 1.19. The molecule has 0 aliphatic carbocycles. The average molecular weight is 219 g/mol. The summed E-state index contributed by atoms with van der Waals surface area (Å²) in [4.78, 5) is 14.8. The van der Waals surface area contributed by atoms with E-state index in [1.165, 1.54) is 6.07 Å². The highest BCUT2D eigenvalue weighted by Gasteiger charge is 2.03. The van der Waals surface area contributed by atoms with Crippen molar-refractivity contribution < 1.29 is 9.47 Å². The standard InChI is InChI=1S/C12H13NO3/c1-3-16-12-7-11(14)9-5-4-8(15-2)6-10(9)13-12/h4-7H,3H2,1-2H3,(H,13,14). The zero-order valence-corrected chi connectivity index (χ0v) is 9.24. The van der Waals surface area contributed by atoms with Crippen LogP contribution in [0.5, 0.6) is 11.6 Å². The predicted octanol–water partition coefficient (Wildman–Crippen LogP) is 1.94. The minimum absolute atomic E-state index is 0.0557. The average Bonchev–Trinajstić information content (AvgIpc) is 2.28. The van der Waals surface area contributed by atoms with Crippen LogP contribution in [0, 0.1) is 0 Å². The number of aromatic nitrogens is 1. The van der Waals surface area contributed by atoms with Crippen molar-refractivity contribution in [1.29, 1.82) is 0 Å². The van der Waals surface area contributed by atoms with Crippen LogP contribution in [-0.4, -0.2) is 18.7 Å². The lowest BCUT2D eigenvalue weighted by Gasteiger charge is -2.06. The largest absolute Gasteiger partial charge is 0.497 e. The molecular formula is C12H13NO3. The summed E-state index contributed by atoms with van der Waals surface area (Å²) in [7, 11) is 1.59. The Kier molecular flexibility index (Phi) is 2.81. The number of nitrogens with one attached hydrogen (secondary N) is 1. The number of methoxy groups -OCH3 is 1. The zero-order valence-electron chi connectivity index (χ0n) is 9.24. The molecule has 2 rings (SSSR count). The van der Waals surface area contributed by atoms with E-state index in [9.17, 15) is 4.79 Å². The van der Waals surface area contributed by atoms with Crippen molar-refractivity contribution in [3.8, 4) is 11.6 Å². The maximum absolute atomic E-state index is 11.7. The Balaban J connectivity index is 2.63. The van der Waals surface area contributed by atoms with Gasteiger partial charge >= 0.3 is 0 Å². The van der Waals surface area contributed by atoms with E-state index in [0.29, 0.717) is 23.6 Å². The molecule has 1 N–H and O–H groups in total. The second-order valence-corrected chi connectivity index (χ2v) is 3.34. The van der Waals surface area contributed by atoms with Gasteiger partial charge < -0.3 is 14.5 Å². The van der Waals surface area contributed by atoms with E-state index < -0.39 is 0 Å². The Morgan fingerprint density at radius 1 is 1.31 bits per heavy atom. The van der Waals surface area contributed by atoms with Crippen LogP contribution in [0.3, 0.4) is 0 Å². The quantitative estimate of drug-likeness (QED) is 0.858.